The average molecular weight is 233 g/mol. The molecule has 1 fully saturated rings. The Hall–Kier alpha value is 0.150. The fourth-order valence-corrected chi connectivity index (χ4v) is 3.23. The molecule has 0 aromatic rings. The maximum absolute atomic E-state index is 10.9. The third-order valence-electron chi connectivity index (χ3n) is 3.38. The van der Waals surface area contributed by atoms with Gasteiger partial charge in [-0.2, -0.15) is 0 Å². The van der Waals surface area contributed by atoms with Gasteiger partial charge in [0.2, 0.25) is 0 Å². The van der Waals surface area contributed by atoms with Crippen molar-refractivity contribution in [3.63, 3.8) is 0 Å². The van der Waals surface area contributed by atoms with Gasteiger partial charge in [-0.3, -0.25) is 0 Å². The minimum atomic E-state index is 0.219. The number of hydrogen-bond acceptors (Lipinski definition) is 1. The van der Waals surface area contributed by atoms with Crippen molar-refractivity contribution in [2.75, 3.05) is 0 Å². The fraction of sp³-hybridized carbons (Fsp3) is 0.900. The molecule has 0 bridgehead atoms. The first-order valence-corrected chi connectivity index (χ1v) is 5.65. The molecule has 1 rings (SSSR count). The van der Waals surface area contributed by atoms with Crippen LogP contribution in [0.15, 0.2) is 0 Å². The smallest absolute Gasteiger partial charge is 0.124 e. The fourth-order valence-electron chi connectivity index (χ4n) is 2.15. The molecule has 0 saturated heterocycles. The van der Waals surface area contributed by atoms with Gasteiger partial charge in [0, 0.05) is 10.7 Å². The number of carbonyl (C=O) groups excluding carboxylic acids is 1. The lowest BCUT2D eigenvalue weighted by Gasteiger charge is -2.41. The van der Waals surface area contributed by atoms with E-state index in [2.05, 4.69) is 29.8 Å². The summed E-state index contributed by atoms with van der Waals surface area (Å²) in [6.07, 6.45) is 5.86. The van der Waals surface area contributed by atoms with Crippen molar-refractivity contribution in [2.24, 2.45) is 11.3 Å². The minimum Gasteiger partial charge on any atom is -0.303 e. The number of alkyl halides is 1. The van der Waals surface area contributed by atoms with E-state index in [-0.39, 0.29) is 11.3 Å². The summed E-state index contributed by atoms with van der Waals surface area (Å²) < 4.78 is 0. The summed E-state index contributed by atoms with van der Waals surface area (Å²) >= 11 is 3.60. The molecule has 2 heteroatoms. The van der Waals surface area contributed by atoms with Gasteiger partial charge >= 0.3 is 0 Å². The zero-order chi connectivity index (χ0) is 9.19. The van der Waals surface area contributed by atoms with Crippen LogP contribution in [0.5, 0.6) is 0 Å². The summed E-state index contributed by atoms with van der Waals surface area (Å²) in [6, 6.07) is 0. The van der Waals surface area contributed by atoms with Crippen LogP contribution in [0.1, 0.15) is 39.5 Å². The Morgan fingerprint density at radius 3 is 2.75 bits per heavy atom. The third kappa shape index (κ3) is 1.73. The van der Waals surface area contributed by atoms with E-state index in [1.54, 1.807) is 0 Å². The Labute approximate surface area is 83.0 Å². The Bertz CT molecular complexity index is 169. The van der Waals surface area contributed by atoms with Crippen molar-refractivity contribution >= 4 is 22.2 Å². The molecule has 0 N–H and O–H groups in total. The van der Waals surface area contributed by atoms with Crippen LogP contribution in [0.25, 0.3) is 0 Å². The lowest BCUT2D eigenvalue weighted by Crippen LogP contribution is -2.38. The molecule has 0 aliphatic heterocycles. The predicted molar refractivity (Wildman–Crippen MR) is 54.5 cm³/mol. The van der Waals surface area contributed by atoms with Crippen LogP contribution in [0, 0.1) is 11.3 Å². The maximum atomic E-state index is 10.9. The zero-order valence-corrected chi connectivity index (χ0v) is 9.43. The van der Waals surface area contributed by atoms with E-state index in [9.17, 15) is 4.79 Å². The van der Waals surface area contributed by atoms with Crippen LogP contribution in [0.3, 0.4) is 0 Å². The van der Waals surface area contributed by atoms with E-state index in [0.29, 0.717) is 4.83 Å². The molecule has 1 nitrogen and oxygen atoms in total. The van der Waals surface area contributed by atoms with Gasteiger partial charge in [-0.15, -0.1) is 0 Å². The van der Waals surface area contributed by atoms with E-state index < -0.39 is 0 Å². The minimum absolute atomic E-state index is 0.219. The average Bonchev–Trinajstić information content (AvgIpc) is 2.05. The topological polar surface area (TPSA) is 17.1 Å². The van der Waals surface area contributed by atoms with Crippen molar-refractivity contribution in [3.8, 4) is 0 Å². The Morgan fingerprint density at radius 1 is 1.67 bits per heavy atom. The van der Waals surface area contributed by atoms with Crippen LogP contribution in [0.2, 0.25) is 0 Å². The molecule has 3 atom stereocenters. The standard InChI is InChI=1S/C10H17BrO/c1-3-10(2)6-4-5-9(11)8(10)7-12/h7-9H,3-6H2,1-2H3. The summed E-state index contributed by atoms with van der Waals surface area (Å²) in [7, 11) is 0. The molecule has 1 aliphatic rings. The molecule has 12 heavy (non-hydrogen) atoms. The second kappa shape index (κ2) is 3.91. The van der Waals surface area contributed by atoms with Gasteiger partial charge in [-0.1, -0.05) is 42.6 Å². The summed E-state index contributed by atoms with van der Waals surface area (Å²) in [5, 5.41) is 0. The van der Waals surface area contributed by atoms with Gasteiger partial charge in [0.05, 0.1) is 0 Å². The van der Waals surface area contributed by atoms with Crippen LogP contribution < -0.4 is 0 Å². The molecule has 0 heterocycles. The summed E-state index contributed by atoms with van der Waals surface area (Å²) in [4.78, 5) is 11.3. The predicted octanol–water partition coefficient (Wildman–Crippen LogP) is 3.17. The van der Waals surface area contributed by atoms with Gasteiger partial charge in [-0.05, 0) is 18.3 Å². The number of aldehydes is 1. The Balaban J connectivity index is 2.76. The van der Waals surface area contributed by atoms with Gasteiger partial charge in [0.25, 0.3) is 0 Å². The van der Waals surface area contributed by atoms with E-state index in [4.69, 9.17) is 0 Å². The van der Waals surface area contributed by atoms with Crippen molar-refractivity contribution in [1.29, 1.82) is 0 Å². The van der Waals surface area contributed by atoms with E-state index in [0.717, 1.165) is 19.1 Å². The van der Waals surface area contributed by atoms with Crippen molar-refractivity contribution in [3.05, 3.63) is 0 Å². The monoisotopic (exact) mass is 232 g/mol. The molecule has 1 saturated carbocycles. The van der Waals surface area contributed by atoms with Crippen LogP contribution >= 0.6 is 15.9 Å². The molecule has 0 radical (unpaired) electrons. The van der Waals surface area contributed by atoms with E-state index in [1.165, 1.54) is 12.8 Å². The lowest BCUT2D eigenvalue weighted by molar-refractivity contribution is -0.115. The quantitative estimate of drug-likeness (QED) is 0.528. The molecule has 0 spiro atoms. The highest BCUT2D eigenvalue weighted by Gasteiger charge is 2.39. The second-order valence-corrected chi connectivity index (χ2v) is 5.25. The summed E-state index contributed by atoms with van der Waals surface area (Å²) in [6.45, 7) is 4.42. The molecule has 0 aromatic heterocycles. The highest BCUT2D eigenvalue weighted by atomic mass is 79.9. The molecular formula is C10H17BrO. The first-order chi connectivity index (χ1) is 5.64. The maximum Gasteiger partial charge on any atom is 0.124 e. The van der Waals surface area contributed by atoms with Gasteiger partial charge in [-0.25, -0.2) is 0 Å². The van der Waals surface area contributed by atoms with Crippen LogP contribution in [0.4, 0.5) is 0 Å². The van der Waals surface area contributed by atoms with Crippen molar-refractivity contribution in [1.82, 2.24) is 0 Å². The first-order valence-electron chi connectivity index (χ1n) is 4.73. The normalized spacial score (nSPS) is 42.6. The molecule has 0 amide bonds. The molecule has 0 aromatic carbocycles. The Kier molecular flexibility index (Phi) is 3.33. The van der Waals surface area contributed by atoms with Gasteiger partial charge < -0.3 is 4.79 Å². The molecule has 3 unspecified atom stereocenters. The lowest BCUT2D eigenvalue weighted by atomic mass is 9.66. The van der Waals surface area contributed by atoms with Gasteiger partial charge in [0.15, 0.2) is 0 Å². The van der Waals surface area contributed by atoms with E-state index in [1.807, 2.05) is 0 Å². The Morgan fingerprint density at radius 2 is 2.33 bits per heavy atom. The number of hydrogen-bond donors (Lipinski definition) is 0. The first kappa shape index (κ1) is 10.2. The number of halogens is 1. The number of carbonyl (C=O) groups is 1. The van der Waals surface area contributed by atoms with Crippen molar-refractivity contribution in [2.45, 2.75) is 44.4 Å². The highest BCUT2D eigenvalue weighted by Crippen LogP contribution is 2.45. The zero-order valence-electron chi connectivity index (χ0n) is 7.85. The largest absolute Gasteiger partial charge is 0.303 e. The summed E-state index contributed by atoms with van der Waals surface area (Å²) in [5.41, 5.74) is 0.244. The SMILES string of the molecule is CCC1(C)CCCC(Br)C1C=O. The number of rotatable bonds is 2. The highest BCUT2D eigenvalue weighted by molar-refractivity contribution is 9.09. The summed E-state index contributed by atoms with van der Waals surface area (Å²) in [5.74, 6) is 0.219. The second-order valence-electron chi connectivity index (χ2n) is 4.08. The third-order valence-corrected chi connectivity index (χ3v) is 4.40. The molecule has 70 valence electrons. The molecule has 1 aliphatic carbocycles. The van der Waals surface area contributed by atoms with Gasteiger partial charge in [0.1, 0.15) is 6.29 Å². The van der Waals surface area contributed by atoms with Crippen LogP contribution in [-0.2, 0) is 4.79 Å². The van der Waals surface area contributed by atoms with E-state index >= 15 is 0 Å². The van der Waals surface area contributed by atoms with Crippen LogP contribution in [-0.4, -0.2) is 11.1 Å². The molecular weight excluding hydrogens is 216 g/mol. The van der Waals surface area contributed by atoms with Crippen molar-refractivity contribution < 1.29 is 4.79 Å².